The summed E-state index contributed by atoms with van der Waals surface area (Å²) < 4.78 is 21.8. The molecule has 2 saturated heterocycles. The molecule has 16 heteroatoms. The van der Waals surface area contributed by atoms with Crippen molar-refractivity contribution in [3.63, 3.8) is 0 Å². The van der Waals surface area contributed by atoms with Gasteiger partial charge in [-0.2, -0.15) is 0 Å². The highest BCUT2D eigenvalue weighted by Crippen LogP contribution is 2.44. The molecule has 350 valence electrons. The van der Waals surface area contributed by atoms with Gasteiger partial charge in [-0.25, -0.2) is 19.6 Å². The van der Waals surface area contributed by atoms with Crippen molar-refractivity contribution in [2.75, 3.05) is 20.8 Å². The standard InChI is InChI=1S/C51H58N8O8/c1-10-28(3)43(57-50(63)65-9)48(61)58-29(4)12-18-40(58)45-52-26-39(55-45)32-13-16-35-33(22-32)27-66-42-24-36-31(23-37(35)42)14-17-38-44(36)56-46(54-38)41-19-15-34(20-21-67-51(5,6)7)59(41)47(60)30(11-2)25-53-49(62)64-8/h1,13-14,16-17,22-24,26,28-30,34,40-41,43H,11-12,15,18-19,25,27H2,2-9H3,(H,52,55)(H,53,62)(H,54,56)(H,57,63)/t28?,29-,30?,34+,40?,41-,43-/m0/s1. The number of fused-ring (bicyclic) bond motifs is 6. The van der Waals surface area contributed by atoms with E-state index in [1.807, 2.05) is 51.7 Å². The lowest BCUT2D eigenvalue weighted by molar-refractivity contribution is -0.138. The number of terminal acetylenes is 1. The Bertz CT molecular complexity index is 2830. The van der Waals surface area contributed by atoms with E-state index in [-0.39, 0.29) is 36.5 Å². The fourth-order valence-corrected chi connectivity index (χ4v) is 9.43. The zero-order chi connectivity index (χ0) is 47.7. The molecule has 16 nitrogen and oxygen atoms in total. The summed E-state index contributed by atoms with van der Waals surface area (Å²) in [5.41, 5.74) is 5.88. The number of benzene rings is 3. The zero-order valence-corrected chi connectivity index (χ0v) is 39.2. The number of nitrogens with zero attached hydrogens (tertiary/aromatic N) is 4. The minimum atomic E-state index is -0.949. The van der Waals surface area contributed by atoms with Crippen molar-refractivity contribution in [2.45, 2.75) is 116 Å². The summed E-state index contributed by atoms with van der Waals surface area (Å²) in [4.78, 5) is 73.0. The maximum absolute atomic E-state index is 14.3. The van der Waals surface area contributed by atoms with Gasteiger partial charge in [-0.1, -0.05) is 25.1 Å². The molecule has 2 fully saturated rings. The topological polar surface area (TPSA) is 193 Å². The molecule has 0 bridgehead atoms. The Morgan fingerprint density at radius 1 is 0.940 bits per heavy atom. The maximum Gasteiger partial charge on any atom is 0.407 e. The lowest BCUT2D eigenvalue weighted by atomic mass is 9.92. The number of hydrogen-bond donors (Lipinski definition) is 4. The van der Waals surface area contributed by atoms with Gasteiger partial charge in [0.15, 0.2) is 0 Å². The smallest absolute Gasteiger partial charge is 0.407 e. The molecule has 8 rings (SSSR count). The Kier molecular flexibility index (Phi) is 13.1. The number of imidazole rings is 2. The molecule has 4 amide bonds. The summed E-state index contributed by atoms with van der Waals surface area (Å²) in [6, 6.07) is 12.3. The fourth-order valence-electron chi connectivity index (χ4n) is 9.43. The molecule has 2 aromatic heterocycles. The third-order valence-corrected chi connectivity index (χ3v) is 13.1. The third-order valence-electron chi connectivity index (χ3n) is 13.1. The lowest BCUT2D eigenvalue weighted by Crippen LogP contribution is -2.53. The first kappa shape index (κ1) is 46.3. The average Bonchev–Trinajstić information content (AvgIpc) is 4.15. The normalized spacial score (nSPS) is 20.0. The summed E-state index contributed by atoms with van der Waals surface area (Å²) >= 11 is 0. The van der Waals surface area contributed by atoms with Crippen LogP contribution in [0.4, 0.5) is 9.59 Å². The second-order valence-corrected chi connectivity index (χ2v) is 18.5. The molecule has 5 aromatic rings. The van der Waals surface area contributed by atoms with Crippen LogP contribution in [0.15, 0.2) is 48.7 Å². The molecule has 5 heterocycles. The molecule has 67 heavy (non-hydrogen) atoms. The van der Waals surface area contributed by atoms with Crippen molar-refractivity contribution < 1.29 is 38.1 Å². The van der Waals surface area contributed by atoms with E-state index in [2.05, 4.69) is 68.9 Å². The Labute approximate surface area is 390 Å². The van der Waals surface area contributed by atoms with Gasteiger partial charge in [0.2, 0.25) is 11.8 Å². The Balaban J connectivity index is 1.05. The van der Waals surface area contributed by atoms with E-state index in [9.17, 15) is 19.2 Å². The van der Waals surface area contributed by atoms with Crippen LogP contribution in [0.5, 0.6) is 5.75 Å². The molecule has 3 aliphatic rings. The number of hydrogen-bond acceptors (Lipinski definition) is 10. The van der Waals surface area contributed by atoms with Crippen LogP contribution in [-0.2, 0) is 30.4 Å². The van der Waals surface area contributed by atoms with Crippen LogP contribution in [0.1, 0.15) is 103 Å². The molecule has 3 aromatic carbocycles. The summed E-state index contributed by atoms with van der Waals surface area (Å²) in [5, 5.41) is 7.23. The molecule has 0 spiro atoms. The second kappa shape index (κ2) is 19.0. The van der Waals surface area contributed by atoms with Gasteiger partial charge in [-0.05, 0) is 119 Å². The van der Waals surface area contributed by atoms with E-state index in [0.29, 0.717) is 43.9 Å². The van der Waals surface area contributed by atoms with Crippen molar-refractivity contribution in [3.8, 4) is 52.5 Å². The minimum Gasteiger partial charge on any atom is -0.488 e. The van der Waals surface area contributed by atoms with Gasteiger partial charge >= 0.3 is 12.2 Å². The Morgan fingerprint density at radius 2 is 1.70 bits per heavy atom. The summed E-state index contributed by atoms with van der Waals surface area (Å²) in [7, 11) is 2.54. The molecule has 4 N–H and O–H groups in total. The predicted octanol–water partition coefficient (Wildman–Crippen LogP) is 7.90. The molecule has 3 unspecified atom stereocenters. The van der Waals surface area contributed by atoms with Crippen molar-refractivity contribution in [2.24, 2.45) is 11.8 Å². The highest BCUT2D eigenvalue weighted by atomic mass is 16.5. The number of H-pyrrole nitrogens is 2. The van der Waals surface area contributed by atoms with Gasteiger partial charge < -0.3 is 49.3 Å². The Morgan fingerprint density at radius 3 is 2.43 bits per heavy atom. The molecule has 0 saturated carbocycles. The van der Waals surface area contributed by atoms with E-state index >= 15 is 0 Å². The number of rotatable bonds is 10. The van der Waals surface area contributed by atoms with Gasteiger partial charge in [0.05, 0.1) is 61.2 Å². The number of nitrogens with one attached hydrogen (secondary N) is 4. The second-order valence-electron chi connectivity index (χ2n) is 18.5. The number of likely N-dealkylation sites (tertiary alicyclic amines) is 2. The van der Waals surface area contributed by atoms with Crippen LogP contribution in [-0.4, -0.2) is 98.2 Å². The van der Waals surface area contributed by atoms with E-state index in [4.69, 9.17) is 35.3 Å². The van der Waals surface area contributed by atoms with Crippen LogP contribution in [0, 0.1) is 36.2 Å². The van der Waals surface area contributed by atoms with Crippen LogP contribution in [0.25, 0.3) is 44.2 Å². The minimum absolute atomic E-state index is 0.0928. The molecule has 7 atom stereocenters. The van der Waals surface area contributed by atoms with Crippen molar-refractivity contribution >= 4 is 45.8 Å². The summed E-state index contributed by atoms with van der Waals surface area (Å²) in [5.74, 6) is 6.38. The van der Waals surface area contributed by atoms with Crippen molar-refractivity contribution in [1.29, 1.82) is 0 Å². The lowest BCUT2D eigenvalue weighted by Gasteiger charge is -2.32. The molecule has 0 aliphatic carbocycles. The van der Waals surface area contributed by atoms with Crippen LogP contribution in [0.2, 0.25) is 0 Å². The van der Waals surface area contributed by atoms with E-state index < -0.39 is 41.7 Å². The molecule has 3 aliphatic heterocycles. The van der Waals surface area contributed by atoms with E-state index in [1.165, 1.54) is 14.2 Å². The van der Waals surface area contributed by atoms with Gasteiger partial charge in [0, 0.05) is 29.5 Å². The van der Waals surface area contributed by atoms with Crippen LogP contribution >= 0.6 is 0 Å². The van der Waals surface area contributed by atoms with Crippen LogP contribution in [0.3, 0.4) is 0 Å². The van der Waals surface area contributed by atoms with Gasteiger partial charge in [0.25, 0.3) is 0 Å². The SMILES string of the molecule is C#CC(C)[C@H](NC(=O)OC)C(=O)N1C(c2ncc(-c3ccc4c(c3)COc3cc5c(ccc6[nH]c([C@@H]7CC[C@H](C#COC(C)(C)C)N7C(=O)C(CC)CNC(=O)OC)nc65)cc3-4)[nH]2)CC[C@@H]1C. The largest absolute Gasteiger partial charge is 0.488 e. The predicted molar refractivity (Wildman–Crippen MR) is 252 cm³/mol. The number of methoxy groups -OCH3 is 2. The van der Waals surface area contributed by atoms with Crippen molar-refractivity contribution in [1.82, 2.24) is 40.4 Å². The monoisotopic (exact) mass is 910 g/mol. The number of alkyl carbamates (subject to hydrolysis) is 2. The molecule has 0 radical (unpaired) electrons. The highest BCUT2D eigenvalue weighted by molar-refractivity contribution is 6.07. The summed E-state index contributed by atoms with van der Waals surface area (Å²) in [6.45, 7) is 11.9. The fraction of sp³-hybridized carbons (Fsp3) is 0.451. The quantitative estimate of drug-likeness (QED) is 0.100. The number of aromatic amines is 2. The van der Waals surface area contributed by atoms with Crippen molar-refractivity contribution in [3.05, 3.63) is 65.9 Å². The molecular formula is C51H58N8O8. The maximum atomic E-state index is 14.3. The number of carbonyl (C=O) groups is 4. The van der Waals surface area contributed by atoms with Crippen LogP contribution < -0.4 is 15.4 Å². The first-order valence-corrected chi connectivity index (χ1v) is 22.9. The molecular weight excluding hydrogens is 853 g/mol. The first-order valence-electron chi connectivity index (χ1n) is 22.9. The number of carbonyl (C=O) groups excluding carboxylic acids is 4. The van der Waals surface area contributed by atoms with E-state index in [0.717, 1.165) is 61.9 Å². The number of ether oxygens (including phenoxy) is 4. The van der Waals surface area contributed by atoms with Gasteiger partial charge in [0.1, 0.15) is 41.8 Å². The number of amides is 4. The van der Waals surface area contributed by atoms with Gasteiger partial charge in [-0.15, -0.1) is 12.3 Å². The average molecular weight is 911 g/mol. The number of aromatic nitrogens is 4. The summed E-state index contributed by atoms with van der Waals surface area (Å²) in [6.07, 6.45) is 12.3. The Hall–Kier alpha value is -7.20. The van der Waals surface area contributed by atoms with Gasteiger partial charge in [-0.3, -0.25) is 9.59 Å². The highest BCUT2D eigenvalue weighted by Gasteiger charge is 2.43. The first-order chi connectivity index (χ1) is 32.1. The van der Waals surface area contributed by atoms with E-state index in [1.54, 1.807) is 18.0 Å². The third kappa shape index (κ3) is 9.30. The zero-order valence-electron chi connectivity index (χ0n) is 39.2.